The summed E-state index contributed by atoms with van der Waals surface area (Å²) >= 11 is 0. The maximum Gasteiger partial charge on any atom is 0.323 e. The molecule has 0 radical (unpaired) electrons. The van der Waals surface area contributed by atoms with Crippen molar-refractivity contribution >= 4 is 5.97 Å². The first kappa shape index (κ1) is 14.3. The van der Waals surface area contributed by atoms with Gasteiger partial charge in [0, 0.05) is 6.54 Å². The third-order valence-corrected chi connectivity index (χ3v) is 2.56. The molecule has 0 amide bonds. The van der Waals surface area contributed by atoms with E-state index in [1.54, 1.807) is 0 Å². The standard InChI is InChI=1S/C10H21NO4/c1-3-10(4-2,9(13)14)11-5-7-15-8-6-12/h11-12H,3-8H2,1-2H3,(H,13,14). The predicted molar refractivity (Wildman–Crippen MR) is 56.9 cm³/mol. The normalized spacial score (nSPS) is 11.7. The third-order valence-electron chi connectivity index (χ3n) is 2.56. The van der Waals surface area contributed by atoms with Crippen molar-refractivity contribution in [2.24, 2.45) is 0 Å². The number of aliphatic hydroxyl groups excluding tert-OH is 1. The summed E-state index contributed by atoms with van der Waals surface area (Å²) < 4.78 is 5.04. The van der Waals surface area contributed by atoms with Crippen LogP contribution in [-0.2, 0) is 9.53 Å². The Morgan fingerprint density at radius 1 is 1.33 bits per heavy atom. The molecular weight excluding hydrogens is 198 g/mol. The lowest BCUT2D eigenvalue weighted by Crippen LogP contribution is -2.52. The van der Waals surface area contributed by atoms with Crippen molar-refractivity contribution in [1.29, 1.82) is 0 Å². The van der Waals surface area contributed by atoms with Crippen molar-refractivity contribution in [2.45, 2.75) is 32.2 Å². The Balaban J connectivity index is 3.91. The Hall–Kier alpha value is -0.650. The van der Waals surface area contributed by atoms with Gasteiger partial charge in [-0.15, -0.1) is 0 Å². The van der Waals surface area contributed by atoms with Gasteiger partial charge in [-0.05, 0) is 12.8 Å². The Labute approximate surface area is 90.4 Å². The van der Waals surface area contributed by atoms with Crippen molar-refractivity contribution in [3.05, 3.63) is 0 Å². The van der Waals surface area contributed by atoms with Gasteiger partial charge in [-0.3, -0.25) is 10.1 Å². The Kier molecular flexibility index (Phi) is 7.29. The van der Waals surface area contributed by atoms with E-state index in [4.69, 9.17) is 14.9 Å². The highest BCUT2D eigenvalue weighted by atomic mass is 16.5. The molecule has 0 fully saturated rings. The van der Waals surface area contributed by atoms with Crippen molar-refractivity contribution < 1.29 is 19.7 Å². The van der Waals surface area contributed by atoms with Crippen LogP contribution < -0.4 is 5.32 Å². The van der Waals surface area contributed by atoms with E-state index in [0.717, 1.165) is 0 Å². The topological polar surface area (TPSA) is 78.8 Å². The Morgan fingerprint density at radius 2 is 1.93 bits per heavy atom. The molecule has 0 aromatic rings. The average Bonchev–Trinajstić information content (AvgIpc) is 2.23. The van der Waals surface area contributed by atoms with Crippen LogP contribution in [-0.4, -0.2) is 48.1 Å². The van der Waals surface area contributed by atoms with Gasteiger partial charge in [-0.2, -0.15) is 0 Å². The molecule has 0 aliphatic heterocycles. The maximum absolute atomic E-state index is 11.1. The van der Waals surface area contributed by atoms with Gasteiger partial charge in [0.25, 0.3) is 0 Å². The molecule has 0 atom stereocenters. The van der Waals surface area contributed by atoms with E-state index >= 15 is 0 Å². The van der Waals surface area contributed by atoms with Gasteiger partial charge in [0.1, 0.15) is 5.54 Å². The number of carboxylic acids is 1. The number of aliphatic carboxylic acids is 1. The fraction of sp³-hybridized carbons (Fsp3) is 0.900. The van der Waals surface area contributed by atoms with Gasteiger partial charge in [0.15, 0.2) is 0 Å². The second-order valence-corrected chi connectivity index (χ2v) is 3.36. The molecule has 0 heterocycles. The lowest BCUT2D eigenvalue weighted by Gasteiger charge is -2.28. The molecule has 3 N–H and O–H groups in total. The van der Waals surface area contributed by atoms with E-state index in [-0.39, 0.29) is 6.61 Å². The van der Waals surface area contributed by atoms with Crippen molar-refractivity contribution in [1.82, 2.24) is 5.32 Å². The molecule has 5 heteroatoms. The van der Waals surface area contributed by atoms with Crippen LogP contribution >= 0.6 is 0 Å². The largest absolute Gasteiger partial charge is 0.480 e. The van der Waals surface area contributed by atoms with Crippen LogP contribution in [0.4, 0.5) is 0 Å². The summed E-state index contributed by atoms with van der Waals surface area (Å²) in [4.78, 5) is 11.1. The molecule has 0 aromatic heterocycles. The number of carbonyl (C=O) groups is 1. The summed E-state index contributed by atoms with van der Waals surface area (Å²) in [5.74, 6) is -0.824. The summed E-state index contributed by atoms with van der Waals surface area (Å²) in [6.45, 7) is 4.87. The second kappa shape index (κ2) is 7.62. The van der Waals surface area contributed by atoms with Gasteiger partial charge < -0.3 is 14.9 Å². The van der Waals surface area contributed by atoms with Gasteiger partial charge >= 0.3 is 5.97 Å². The number of ether oxygens (including phenoxy) is 1. The van der Waals surface area contributed by atoms with Gasteiger partial charge in [0.2, 0.25) is 0 Å². The first-order chi connectivity index (χ1) is 7.13. The van der Waals surface area contributed by atoms with Crippen molar-refractivity contribution in [2.75, 3.05) is 26.4 Å². The summed E-state index contributed by atoms with van der Waals surface area (Å²) in [7, 11) is 0. The summed E-state index contributed by atoms with van der Waals surface area (Å²) in [5, 5.41) is 20.5. The number of aliphatic hydroxyl groups is 1. The first-order valence-corrected chi connectivity index (χ1v) is 5.30. The zero-order valence-electron chi connectivity index (χ0n) is 9.45. The number of rotatable bonds is 9. The van der Waals surface area contributed by atoms with Crippen molar-refractivity contribution in [3.63, 3.8) is 0 Å². The molecule has 0 aliphatic rings. The van der Waals surface area contributed by atoms with E-state index in [2.05, 4.69) is 5.32 Å². The smallest absolute Gasteiger partial charge is 0.323 e. The van der Waals surface area contributed by atoms with E-state index < -0.39 is 11.5 Å². The lowest BCUT2D eigenvalue weighted by molar-refractivity contribution is -0.145. The summed E-state index contributed by atoms with van der Waals surface area (Å²) in [6, 6.07) is 0. The van der Waals surface area contributed by atoms with E-state index in [0.29, 0.717) is 32.6 Å². The van der Waals surface area contributed by atoms with Crippen molar-refractivity contribution in [3.8, 4) is 0 Å². The number of hydrogen-bond donors (Lipinski definition) is 3. The third kappa shape index (κ3) is 4.59. The lowest BCUT2D eigenvalue weighted by atomic mass is 9.93. The Morgan fingerprint density at radius 3 is 2.33 bits per heavy atom. The quantitative estimate of drug-likeness (QED) is 0.484. The number of hydrogen-bond acceptors (Lipinski definition) is 4. The molecule has 15 heavy (non-hydrogen) atoms. The molecule has 5 nitrogen and oxygen atoms in total. The Bertz CT molecular complexity index is 180. The average molecular weight is 219 g/mol. The predicted octanol–water partition coefficient (Wildman–Crippen LogP) is 0.228. The van der Waals surface area contributed by atoms with Gasteiger partial charge in [0.05, 0.1) is 19.8 Å². The summed E-state index contributed by atoms with van der Waals surface area (Å²) in [6.07, 6.45) is 1.08. The maximum atomic E-state index is 11.1. The van der Waals surface area contributed by atoms with Crippen LogP contribution in [0.1, 0.15) is 26.7 Å². The molecule has 90 valence electrons. The minimum atomic E-state index is -0.845. The molecule has 0 saturated carbocycles. The molecule has 0 rings (SSSR count). The summed E-state index contributed by atoms with van der Waals surface area (Å²) in [5.41, 5.74) is -0.845. The molecule has 0 aromatic carbocycles. The van der Waals surface area contributed by atoms with E-state index in [9.17, 15) is 4.79 Å². The van der Waals surface area contributed by atoms with Crippen LogP contribution in [0.5, 0.6) is 0 Å². The van der Waals surface area contributed by atoms with Crippen LogP contribution in [0, 0.1) is 0 Å². The second-order valence-electron chi connectivity index (χ2n) is 3.36. The zero-order chi connectivity index (χ0) is 11.7. The van der Waals surface area contributed by atoms with Gasteiger partial charge in [-0.25, -0.2) is 0 Å². The fourth-order valence-corrected chi connectivity index (χ4v) is 1.41. The minimum absolute atomic E-state index is 0.00830. The van der Waals surface area contributed by atoms with E-state index in [1.165, 1.54) is 0 Å². The molecular formula is C10H21NO4. The monoisotopic (exact) mass is 219 g/mol. The molecule has 0 unspecified atom stereocenters. The first-order valence-electron chi connectivity index (χ1n) is 5.30. The SMILES string of the molecule is CCC(CC)(NCCOCCO)C(=O)O. The fourth-order valence-electron chi connectivity index (χ4n) is 1.41. The van der Waals surface area contributed by atoms with E-state index in [1.807, 2.05) is 13.8 Å². The molecule has 0 saturated heterocycles. The highest BCUT2D eigenvalue weighted by Crippen LogP contribution is 2.14. The highest BCUT2D eigenvalue weighted by Gasteiger charge is 2.33. The zero-order valence-corrected chi connectivity index (χ0v) is 9.45. The van der Waals surface area contributed by atoms with Crippen LogP contribution in [0.15, 0.2) is 0 Å². The molecule has 0 aliphatic carbocycles. The van der Waals surface area contributed by atoms with Crippen LogP contribution in [0.25, 0.3) is 0 Å². The van der Waals surface area contributed by atoms with Crippen LogP contribution in [0.3, 0.4) is 0 Å². The number of carboxylic acid groups (broad SMARTS) is 1. The number of nitrogens with one attached hydrogen (secondary N) is 1. The van der Waals surface area contributed by atoms with Gasteiger partial charge in [-0.1, -0.05) is 13.8 Å². The van der Waals surface area contributed by atoms with Crippen LogP contribution in [0.2, 0.25) is 0 Å². The highest BCUT2D eigenvalue weighted by molar-refractivity contribution is 5.78. The minimum Gasteiger partial charge on any atom is -0.480 e. The molecule has 0 bridgehead atoms. The molecule has 0 spiro atoms.